The van der Waals surface area contributed by atoms with Crippen molar-refractivity contribution in [3.05, 3.63) is 68.7 Å². The first-order valence-corrected chi connectivity index (χ1v) is 6.78. The van der Waals surface area contributed by atoms with E-state index < -0.39 is 4.92 Å². The fourth-order valence-electron chi connectivity index (χ4n) is 2.62. The molecule has 5 heteroatoms. The van der Waals surface area contributed by atoms with E-state index in [4.69, 9.17) is 11.6 Å². The van der Waals surface area contributed by atoms with Gasteiger partial charge in [0.2, 0.25) is 0 Å². The number of nitro benzene ring substituents is 1. The number of rotatable bonds is 3. The van der Waals surface area contributed by atoms with Gasteiger partial charge < -0.3 is 5.32 Å². The number of nitrogens with zero attached hydrogens (tertiary/aromatic N) is 1. The normalized spacial score (nSPS) is 14.1. The van der Waals surface area contributed by atoms with Crippen molar-refractivity contribution >= 4 is 23.0 Å². The highest BCUT2D eigenvalue weighted by Crippen LogP contribution is 2.30. The van der Waals surface area contributed by atoms with E-state index in [1.807, 2.05) is 12.1 Å². The van der Waals surface area contributed by atoms with E-state index in [0.717, 1.165) is 12.8 Å². The molecular weight excluding hydrogens is 276 g/mol. The number of non-ortho nitro benzene ring substituents is 1. The van der Waals surface area contributed by atoms with Gasteiger partial charge in [0.05, 0.1) is 15.6 Å². The molecule has 0 saturated carbocycles. The number of hydrogen-bond acceptors (Lipinski definition) is 3. The van der Waals surface area contributed by atoms with Gasteiger partial charge in [0.15, 0.2) is 0 Å². The molecule has 0 heterocycles. The van der Waals surface area contributed by atoms with E-state index in [1.54, 1.807) is 6.07 Å². The van der Waals surface area contributed by atoms with Gasteiger partial charge in [-0.2, -0.15) is 0 Å². The van der Waals surface area contributed by atoms with Crippen LogP contribution in [0.15, 0.2) is 42.5 Å². The zero-order chi connectivity index (χ0) is 14.1. The zero-order valence-corrected chi connectivity index (χ0v) is 11.4. The molecule has 0 radical (unpaired) electrons. The van der Waals surface area contributed by atoms with Crippen LogP contribution < -0.4 is 5.32 Å². The smallest absolute Gasteiger partial charge is 0.271 e. The molecule has 0 saturated heterocycles. The Morgan fingerprint density at radius 1 is 1.15 bits per heavy atom. The van der Waals surface area contributed by atoms with Gasteiger partial charge >= 0.3 is 0 Å². The van der Waals surface area contributed by atoms with Crippen LogP contribution in [0.3, 0.4) is 0 Å². The molecule has 1 N–H and O–H groups in total. The summed E-state index contributed by atoms with van der Waals surface area (Å²) in [5.74, 6) is 0. The predicted molar refractivity (Wildman–Crippen MR) is 79.4 cm³/mol. The molecule has 4 nitrogen and oxygen atoms in total. The van der Waals surface area contributed by atoms with Crippen molar-refractivity contribution in [3.63, 3.8) is 0 Å². The Kier molecular flexibility index (Phi) is 3.32. The van der Waals surface area contributed by atoms with E-state index >= 15 is 0 Å². The quantitative estimate of drug-likeness (QED) is 0.690. The van der Waals surface area contributed by atoms with Gasteiger partial charge in [-0.15, -0.1) is 0 Å². The van der Waals surface area contributed by atoms with Gasteiger partial charge in [0, 0.05) is 18.2 Å². The lowest BCUT2D eigenvalue weighted by Crippen LogP contribution is -2.19. The second-order valence-electron chi connectivity index (χ2n) is 4.94. The SMILES string of the molecule is O=[N+]([O-])c1ccc(Cl)c(NC2Cc3ccccc3C2)c1. The highest BCUT2D eigenvalue weighted by Gasteiger charge is 2.22. The monoisotopic (exact) mass is 288 g/mol. The lowest BCUT2D eigenvalue weighted by Gasteiger charge is -2.14. The van der Waals surface area contributed by atoms with E-state index in [2.05, 4.69) is 17.4 Å². The predicted octanol–water partition coefficient (Wildman–Crippen LogP) is 3.83. The molecule has 20 heavy (non-hydrogen) atoms. The van der Waals surface area contributed by atoms with Crippen molar-refractivity contribution in [1.82, 2.24) is 0 Å². The summed E-state index contributed by atoms with van der Waals surface area (Å²) in [6, 6.07) is 13.0. The second kappa shape index (κ2) is 5.13. The minimum atomic E-state index is -0.412. The molecule has 0 atom stereocenters. The average molecular weight is 289 g/mol. The minimum Gasteiger partial charge on any atom is -0.380 e. The maximum absolute atomic E-state index is 10.8. The molecule has 0 fully saturated rings. The van der Waals surface area contributed by atoms with Crippen LogP contribution in [0.5, 0.6) is 0 Å². The zero-order valence-electron chi connectivity index (χ0n) is 10.7. The van der Waals surface area contributed by atoms with Gasteiger partial charge in [-0.05, 0) is 30.0 Å². The Balaban J connectivity index is 1.80. The Morgan fingerprint density at radius 3 is 2.40 bits per heavy atom. The molecule has 2 aromatic rings. The fraction of sp³-hybridized carbons (Fsp3) is 0.200. The fourth-order valence-corrected chi connectivity index (χ4v) is 2.79. The van der Waals surface area contributed by atoms with Gasteiger partial charge in [-0.25, -0.2) is 0 Å². The Bertz CT molecular complexity index is 648. The number of fused-ring (bicyclic) bond motifs is 1. The Hall–Kier alpha value is -2.07. The summed E-state index contributed by atoms with van der Waals surface area (Å²) >= 11 is 6.11. The van der Waals surface area contributed by atoms with Crippen molar-refractivity contribution in [1.29, 1.82) is 0 Å². The summed E-state index contributed by atoms with van der Waals surface area (Å²) < 4.78 is 0. The lowest BCUT2D eigenvalue weighted by atomic mass is 10.1. The van der Waals surface area contributed by atoms with Crippen LogP contribution in [0, 0.1) is 10.1 Å². The summed E-state index contributed by atoms with van der Waals surface area (Å²) in [5.41, 5.74) is 3.32. The third kappa shape index (κ3) is 2.47. The molecule has 1 aliphatic rings. The molecule has 0 unspecified atom stereocenters. The topological polar surface area (TPSA) is 55.2 Å². The Morgan fingerprint density at radius 2 is 1.80 bits per heavy atom. The molecule has 3 rings (SSSR count). The van der Waals surface area contributed by atoms with Gasteiger partial charge in [0.25, 0.3) is 5.69 Å². The van der Waals surface area contributed by atoms with E-state index in [0.29, 0.717) is 10.7 Å². The summed E-state index contributed by atoms with van der Waals surface area (Å²) in [6.07, 6.45) is 1.82. The molecule has 0 bridgehead atoms. The van der Waals surface area contributed by atoms with Crippen molar-refractivity contribution in [2.24, 2.45) is 0 Å². The van der Waals surface area contributed by atoms with Gasteiger partial charge in [-0.3, -0.25) is 10.1 Å². The van der Waals surface area contributed by atoms with Crippen molar-refractivity contribution in [2.75, 3.05) is 5.32 Å². The van der Waals surface area contributed by atoms with Crippen LogP contribution in [-0.2, 0) is 12.8 Å². The average Bonchev–Trinajstić information content (AvgIpc) is 2.83. The number of nitrogens with one attached hydrogen (secondary N) is 1. The highest BCUT2D eigenvalue weighted by molar-refractivity contribution is 6.33. The van der Waals surface area contributed by atoms with Crippen LogP contribution in [0.2, 0.25) is 5.02 Å². The van der Waals surface area contributed by atoms with Crippen molar-refractivity contribution in [2.45, 2.75) is 18.9 Å². The maximum Gasteiger partial charge on any atom is 0.271 e. The van der Waals surface area contributed by atoms with Gasteiger partial charge in [-0.1, -0.05) is 35.9 Å². The summed E-state index contributed by atoms with van der Waals surface area (Å²) in [4.78, 5) is 10.4. The first kappa shape index (κ1) is 12.9. The summed E-state index contributed by atoms with van der Waals surface area (Å²) in [5, 5.41) is 14.6. The third-order valence-corrected chi connectivity index (χ3v) is 3.90. The van der Waals surface area contributed by atoms with E-state index in [-0.39, 0.29) is 11.7 Å². The van der Waals surface area contributed by atoms with Crippen molar-refractivity contribution in [3.8, 4) is 0 Å². The van der Waals surface area contributed by atoms with Crippen molar-refractivity contribution < 1.29 is 4.92 Å². The first-order valence-electron chi connectivity index (χ1n) is 6.41. The standard InChI is InChI=1S/C15H13ClN2O2/c16-14-6-5-13(18(19)20)9-15(14)17-12-7-10-3-1-2-4-11(10)8-12/h1-6,9,12,17H,7-8H2. The molecular formula is C15H13ClN2O2. The number of hydrogen-bond donors (Lipinski definition) is 1. The van der Waals surface area contributed by atoms with E-state index in [9.17, 15) is 10.1 Å². The summed E-state index contributed by atoms with van der Waals surface area (Å²) in [7, 11) is 0. The van der Waals surface area contributed by atoms with Gasteiger partial charge in [0.1, 0.15) is 0 Å². The third-order valence-electron chi connectivity index (χ3n) is 3.57. The van der Waals surface area contributed by atoms with Crippen LogP contribution in [0.25, 0.3) is 0 Å². The molecule has 0 aliphatic heterocycles. The van der Waals surface area contributed by atoms with Crippen LogP contribution in [0.4, 0.5) is 11.4 Å². The molecule has 0 aromatic heterocycles. The summed E-state index contributed by atoms with van der Waals surface area (Å²) in [6.45, 7) is 0. The first-order chi connectivity index (χ1) is 9.63. The van der Waals surface area contributed by atoms with Crippen LogP contribution in [0.1, 0.15) is 11.1 Å². The largest absolute Gasteiger partial charge is 0.380 e. The van der Waals surface area contributed by atoms with Crippen LogP contribution in [-0.4, -0.2) is 11.0 Å². The molecule has 0 amide bonds. The molecule has 2 aromatic carbocycles. The number of anilines is 1. The second-order valence-corrected chi connectivity index (χ2v) is 5.35. The minimum absolute atomic E-state index is 0.0485. The Labute approximate surface area is 121 Å². The number of benzene rings is 2. The molecule has 1 aliphatic carbocycles. The highest BCUT2D eigenvalue weighted by atomic mass is 35.5. The lowest BCUT2D eigenvalue weighted by molar-refractivity contribution is -0.384. The maximum atomic E-state index is 10.8. The van der Waals surface area contributed by atoms with E-state index in [1.165, 1.54) is 23.3 Å². The number of halogens is 1. The molecule has 0 spiro atoms. The number of nitro groups is 1. The van der Waals surface area contributed by atoms with Crippen LogP contribution >= 0.6 is 11.6 Å². The molecule has 102 valence electrons.